The lowest BCUT2D eigenvalue weighted by atomic mass is 10.1. The van der Waals surface area contributed by atoms with Crippen LogP contribution in [0.5, 0.6) is 0 Å². The lowest BCUT2D eigenvalue weighted by Gasteiger charge is -2.05. The van der Waals surface area contributed by atoms with Gasteiger partial charge in [0.15, 0.2) is 5.82 Å². The van der Waals surface area contributed by atoms with Crippen molar-refractivity contribution in [1.82, 2.24) is 9.97 Å². The largest absolute Gasteiger partial charge is 0.382 e. The van der Waals surface area contributed by atoms with E-state index >= 15 is 0 Å². The molecule has 0 aliphatic heterocycles. The molecule has 3 rings (SSSR count). The van der Waals surface area contributed by atoms with E-state index in [4.69, 9.17) is 5.73 Å². The number of rotatable bonds is 1. The second kappa shape index (κ2) is 3.82. The average molecular weight is 241 g/mol. The van der Waals surface area contributed by atoms with Gasteiger partial charge in [-0.25, -0.2) is 9.97 Å². The van der Waals surface area contributed by atoms with Crippen LogP contribution in [0.4, 0.5) is 5.82 Å². The molecule has 2 heterocycles. The predicted molar refractivity (Wildman–Crippen MR) is 72.0 cm³/mol. The Balaban J connectivity index is 2.28. The minimum absolute atomic E-state index is 0.559. The molecule has 0 fully saturated rings. The molecule has 4 heteroatoms. The van der Waals surface area contributed by atoms with E-state index in [0.29, 0.717) is 11.6 Å². The summed E-state index contributed by atoms with van der Waals surface area (Å²) >= 11 is 1.57. The summed E-state index contributed by atoms with van der Waals surface area (Å²) in [6.07, 6.45) is 0. The Labute approximate surface area is 103 Å². The summed E-state index contributed by atoms with van der Waals surface area (Å²) in [5, 5.41) is 1.98. The SMILES string of the molecule is Cc1ccccc1-c1nc(N)c2sccc2n1. The van der Waals surface area contributed by atoms with E-state index < -0.39 is 0 Å². The van der Waals surface area contributed by atoms with E-state index in [1.807, 2.05) is 42.6 Å². The third-order valence-corrected chi connectivity index (χ3v) is 3.64. The molecule has 3 aromatic rings. The van der Waals surface area contributed by atoms with E-state index in [-0.39, 0.29) is 0 Å². The Morgan fingerprint density at radius 3 is 2.76 bits per heavy atom. The summed E-state index contributed by atoms with van der Waals surface area (Å²) in [6, 6.07) is 10.0. The summed E-state index contributed by atoms with van der Waals surface area (Å²) in [5.41, 5.74) is 9.05. The van der Waals surface area contributed by atoms with Crippen LogP contribution in [-0.4, -0.2) is 9.97 Å². The maximum absolute atomic E-state index is 5.95. The van der Waals surface area contributed by atoms with Gasteiger partial charge in [0.05, 0.1) is 10.2 Å². The normalized spacial score (nSPS) is 10.9. The molecule has 1 aromatic carbocycles. The van der Waals surface area contributed by atoms with Gasteiger partial charge in [-0.1, -0.05) is 24.3 Å². The van der Waals surface area contributed by atoms with Gasteiger partial charge < -0.3 is 5.73 Å². The average Bonchev–Trinajstić information content (AvgIpc) is 2.78. The first-order chi connectivity index (χ1) is 8.25. The van der Waals surface area contributed by atoms with Crippen molar-refractivity contribution in [2.75, 3.05) is 5.73 Å². The topological polar surface area (TPSA) is 51.8 Å². The van der Waals surface area contributed by atoms with E-state index in [1.165, 1.54) is 0 Å². The zero-order valence-electron chi connectivity index (χ0n) is 9.34. The number of nitrogens with two attached hydrogens (primary N) is 1. The minimum Gasteiger partial charge on any atom is -0.382 e. The number of hydrogen-bond acceptors (Lipinski definition) is 4. The number of aryl methyl sites for hydroxylation is 1. The Bertz CT molecular complexity index is 688. The monoisotopic (exact) mass is 241 g/mol. The second-order valence-corrected chi connectivity index (χ2v) is 4.80. The Morgan fingerprint density at radius 2 is 1.94 bits per heavy atom. The lowest BCUT2D eigenvalue weighted by molar-refractivity contribution is 1.23. The molecule has 84 valence electrons. The quantitative estimate of drug-likeness (QED) is 0.711. The second-order valence-electron chi connectivity index (χ2n) is 3.88. The number of fused-ring (bicyclic) bond motifs is 1. The molecule has 0 radical (unpaired) electrons. The highest BCUT2D eigenvalue weighted by Crippen LogP contribution is 2.28. The summed E-state index contributed by atoms with van der Waals surface area (Å²) in [6.45, 7) is 2.05. The smallest absolute Gasteiger partial charge is 0.162 e. The van der Waals surface area contributed by atoms with Crippen molar-refractivity contribution in [2.45, 2.75) is 6.92 Å². The van der Waals surface area contributed by atoms with Crippen LogP contribution >= 0.6 is 11.3 Å². The number of aromatic nitrogens is 2. The van der Waals surface area contributed by atoms with E-state index in [9.17, 15) is 0 Å². The van der Waals surface area contributed by atoms with Gasteiger partial charge in [-0.3, -0.25) is 0 Å². The molecule has 0 saturated heterocycles. The number of hydrogen-bond donors (Lipinski definition) is 1. The highest BCUT2D eigenvalue weighted by Gasteiger charge is 2.09. The molecule has 0 saturated carbocycles. The fraction of sp³-hybridized carbons (Fsp3) is 0.0769. The molecule has 0 unspecified atom stereocenters. The standard InChI is InChI=1S/C13H11N3S/c1-8-4-2-3-5-9(8)13-15-10-6-7-17-11(10)12(14)16-13/h2-7H,1H3,(H2,14,15,16). The van der Waals surface area contributed by atoms with E-state index in [0.717, 1.165) is 21.3 Å². The van der Waals surface area contributed by atoms with Crippen LogP contribution in [0.2, 0.25) is 0 Å². The fourth-order valence-corrected chi connectivity index (χ4v) is 2.56. The Morgan fingerprint density at radius 1 is 1.12 bits per heavy atom. The summed E-state index contributed by atoms with van der Waals surface area (Å²) in [4.78, 5) is 8.93. The summed E-state index contributed by atoms with van der Waals surface area (Å²) in [7, 11) is 0. The van der Waals surface area contributed by atoms with E-state index in [1.54, 1.807) is 11.3 Å². The summed E-state index contributed by atoms with van der Waals surface area (Å²) in [5.74, 6) is 1.26. The van der Waals surface area contributed by atoms with Crippen molar-refractivity contribution in [3.63, 3.8) is 0 Å². The van der Waals surface area contributed by atoms with Gasteiger partial charge in [-0.2, -0.15) is 0 Å². The number of benzene rings is 1. The van der Waals surface area contributed by atoms with Gasteiger partial charge in [0.2, 0.25) is 0 Å². The molecule has 0 atom stereocenters. The number of anilines is 1. The molecule has 17 heavy (non-hydrogen) atoms. The van der Waals surface area contributed by atoms with Gasteiger partial charge in [-0.15, -0.1) is 11.3 Å². The molecule has 0 aliphatic rings. The van der Waals surface area contributed by atoms with Crippen molar-refractivity contribution in [3.8, 4) is 11.4 Å². The highest BCUT2D eigenvalue weighted by molar-refractivity contribution is 7.17. The third-order valence-electron chi connectivity index (χ3n) is 2.72. The van der Waals surface area contributed by atoms with Gasteiger partial charge in [-0.05, 0) is 23.9 Å². The molecule has 0 bridgehead atoms. The molecular formula is C13H11N3S. The first-order valence-electron chi connectivity index (χ1n) is 5.32. The van der Waals surface area contributed by atoms with Crippen LogP contribution in [0.3, 0.4) is 0 Å². The maximum atomic E-state index is 5.95. The fourth-order valence-electron chi connectivity index (χ4n) is 1.83. The van der Waals surface area contributed by atoms with Crippen LogP contribution in [0.25, 0.3) is 21.6 Å². The zero-order chi connectivity index (χ0) is 11.8. The first kappa shape index (κ1) is 10.2. The van der Waals surface area contributed by atoms with Gasteiger partial charge >= 0.3 is 0 Å². The molecule has 0 spiro atoms. The number of thiophene rings is 1. The van der Waals surface area contributed by atoms with Crippen molar-refractivity contribution >= 4 is 27.4 Å². The molecule has 0 amide bonds. The van der Waals surface area contributed by atoms with Crippen molar-refractivity contribution in [1.29, 1.82) is 0 Å². The van der Waals surface area contributed by atoms with Crippen LogP contribution in [-0.2, 0) is 0 Å². The van der Waals surface area contributed by atoms with Gasteiger partial charge in [0.1, 0.15) is 5.82 Å². The number of nitrogen functional groups attached to an aromatic ring is 1. The molecular weight excluding hydrogens is 230 g/mol. The Hall–Kier alpha value is -1.94. The van der Waals surface area contributed by atoms with E-state index in [2.05, 4.69) is 9.97 Å². The third kappa shape index (κ3) is 1.66. The molecule has 2 N–H and O–H groups in total. The maximum Gasteiger partial charge on any atom is 0.162 e. The van der Waals surface area contributed by atoms with Crippen LogP contribution in [0, 0.1) is 6.92 Å². The summed E-state index contributed by atoms with van der Waals surface area (Å²) < 4.78 is 0.960. The minimum atomic E-state index is 0.559. The first-order valence-corrected chi connectivity index (χ1v) is 6.20. The zero-order valence-corrected chi connectivity index (χ0v) is 10.2. The van der Waals surface area contributed by atoms with Crippen LogP contribution in [0.15, 0.2) is 35.7 Å². The van der Waals surface area contributed by atoms with Crippen LogP contribution in [0.1, 0.15) is 5.56 Å². The van der Waals surface area contributed by atoms with Crippen LogP contribution < -0.4 is 5.73 Å². The lowest BCUT2D eigenvalue weighted by Crippen LogP contribution is -1.96. The molecule has 3 nitrogen and oxygen atoms in total. The van der Waals surface area contributed by atoms with Crippen molar-refractivity contribution in [2.24, 2.45) is 0 Å². The van der Waals surface area contributed by atoms with Gasteiger partial charge in [0.25, 0.3) is 0 Å². The van der Waals surface area contributed by atoms with Gasteiger partial charge in [0, 0.05) is 5.56 Å². The molecule has 0 aliphatic carbocycles. The van der Waals surface area contributed by atoms with Crippen molar-refractivity contribution < 1.29 is 0 Å². The van der Waals surface area contributed by atoms with Crippen molar-refractivity contribution in [3.05, 3.63) is 41.3 Å². The highest BCUT2D eigenvalue weighted by atomic mass is 32.1. The number of nitrogens with zero attached hydrogens (tertiary/aromatic N) is 2. The Kier molecular flexibility index (Phi) is 2.30. The predicted octanol–water partition coefficient (Wildman–Crippen LogP) is 3.25. The molecule has 2 aromatic heterocycles.